The van der Waals surface area contributed by atoms with Crippen LogP contribution in [-0.4, -0.2) is 56.7 Å². The smallest absolute Gasteiger partial charge is 0.368 e. The molecule has 1 aliphatic rings. The third kappa shape index (κ3) is 7.62. The topological polar surface area (TPSA) is 67.2 Å². The molecule has 0 bridgehead atoms. The number of halogens is 6. The Morgan fingerprint density at radius 3 is 2.09 bits per heavy atom. The van der Waals surface area contributed by atoms with Crippen LogP contribution in [0, 0.1) is 0 Å². The molecule has 5 aromatic rings. The van der Waals surface area contributed by atoms with Gasteiger partial charge in [0.15, 0.2) is 5.16 Å². The van der Waals surface area contributed by atoms with E-state index in [1.165, 1.54) is 35.2 Å². The van der Waals surface area contributed by atoms with Crippen LogP contribution in [0.5, 0.6) is 0 Å². The van der Waals surface area contributed by atoms with E-state index in [0.717, 1.165) is 29.8 Å². The van der Waals surface area contributed by atoms with Crippen molar-refractivity contribution in [3.8, 4) is 5.69 Å². The molecule has 3 aromatic carbocycles. The van der Waals surface area contributed by atoms with Crippen LogP contribution in [0.1, 0.15) is 38.0 Å². The van der Waals surface area contributed by atoms with Crippen LogP contribution in [0.2, 0.25) is 0 Å². The largest absolute Gasteiger partial charge is 0.416 e. The molecule has 7 nitrogen and oxygen atoms in total. The highest BCUT2D eigenvalue weighted by molar-refractivity contribution is 7.98. The first-order valence-corrected chi connectivity index (χ1v) is 16.3. The number of amides is 1. The molecule has 0 atom stereocenters. The number of benzene rings is 3. The molecule has 2 aromatic heterocycles. The number of nitrogens with zero attached hydrogens (tertiary/aromatic N) is 6. The van der Waals surface area contributed by atoms with Gasteiger partial charge in [0.1, 0.15) is 16.5 Å². The first kappa shape index (κ1) is 32.6. The molecule has 0 unspecified atom stereocenters. The van der Waals surface area contributed by atoms with Crippen molar-refractivity contribution in [2.75, 3.05) is 31.1 Å². The molecule has 1 saturated heterocycles. The molecule has 6 rings (SSSR count). The van der Waals surface area contributed by atoms with Gasteiger partial charge in [-0.25, -0.2) is 4.98 Å². The second-order valence-corrected chi connectivity index (χ2v) is 12.6. The van der Waals surface area contributed by atoms with Gasteiger partial charge in [0.2, 0.25) is 0 Å². The molecule has 0 spiro atoms. The molecular weight excluding hydrogens is 663 g/mol. The minimum atomic E-state index is -4.52. The Balaban J connectivity index is 1.14. The van der Waals surface area contributed by atoms with Crippen molar-refractivity contribution < 1.29 is 31.1 Å². The summed E-state index contributed by atoms with van der Waals surface area (Å²) < 4.78 is 81.7. The summed E-state index contributed by atoms with van der Waals surface area (Å²) in [6.45, 7) is 1.38. The number of carbonyl (C=O) groups excluding carboxylic acids is 1. The minimum Gasteiger partial charge on any atom is -0.368 e. The molecule has 0 aliphatic carbocycles. The number of hydrogen-bond acceptors (Lipinski definition) is 7. The highest BCUT2D eigenvalue weighted by Crippen LogP contribution is 2.34. The zero-order chi connectivity index (χ0) is 33.2. The minimum absolute atomic E-state index is 0.252. The van der Waals surface area contributed by atoms with Gasteiger partial charge >= 0.3 is 12.4 Å². The summed E-state index contributed by atoms with van der Waals surface area (Å²) in [4.78, 5) is 21.2. The molecule has 0 N–H and O–H groups in total. The number of thioether (sulfide) groups is 1. The molecule has 0 radical (unpaired) electrons. The summed E-state index contributed by atoms with van der Waals surface area (Å²) in [6.07, 6.45) is -8.61. The maximum absolute atomic E-state index is 13.6. The van der Waals surface area contributed by atoms with Crippen LogP contribution in [-0.2, 0) is 24.5 Å². The van der Waals surface area contributed by atoms with Crippen molar-refractivity contribution >= 4 is 34.7 Å². The van der Waals surface area contributed by atoms with Gasteiger partial charge in [0.05, 0.1) is 22.6 Å². The zero-order valence-electron chi connectivity index (χ0n) is 24.5. The number of anilines is 1. The van der Waals surface area contributed by atoms with Crippen molar-refractivity contribution in [2.45, 2.75) is 29.7 Å². The summed E-state index contributed by atoms with van der Waals surface area (Å²) in [5, 5.41) is 11.2. The number of aromatic nitrogens is 4. The van der Waals surface area contributed by atoms with Crippen molar-refractivity contribution in [1.29, 1.82) is 0 Å². The first-order chi connectivity index (χ1) is 22.5. The molecular formula is C32H26F6N6OS2. The Morgan fingerprint density at radius 2 is 1.43 bits per heavy atom. The standard InChI is InChI=1S/C32H26F6N6OS2/c33-31(34,35)22-8-4-10-24(17-22)42-12-14-43(15-13-42)29(45)26-19-46-28(39-26)20-47-30-41-40-27(16-21-6-2-1-3-7-21)44(30)25-11-5-9-23(18-25)32(36,37)38/h1-11,17-19H,12-16,20H2. The summed E-state index contributed by atoms with van der Waals surface area (Å²) >= 11 is 2.52. The Hall–Kier alpha value is -4.37. The van der Waals surface area contributed by atoms with Crippen LogP contribution in [0.25, 0.3) is 5.69 Å². The van der Waals surface area contributed by atoms with Gasteiger partial charge in [-0.1, -0.05) is 54.2 Å². The summed E-state index contributed by atoms with van der Waals surface area (Å²) in [6, 6.07) is 19.5. The van der Waals surface area contributed by atoms with E-state index in [-0.39, 0.29) is 17.3 Å². The Bertz CT molecular complexity index is 1850. The summed E-state index contributed by atoms with van der Waals surface area (Å²) in [5.74, 6) is 0.486. The van der Waals surface area contributed by atoms with E-state index in [0.29, 0.717) is 60.0 Å². The van der Waals surface area contributed by atoms with E-state index in [4.69, 9.17) is 0 Å². The lowest BCUT2D eigenvalue weighted by Crippen LogP contribution is -2.49. The third-order valence-corrected chi connectivity index (χ3v) is 9.51. The Labute approximate surface area is 273 Å². The van der Waals surface area contributed by atoms with Gasteiger partial charge in [0, 0.05) is 43.7 Å². The number of thiazole rings is 1. The zero-order valence-corrected chi connectivity index (χ0v) is 26.1. The average Bonchev–Trinajstić information content (AvgIpc) is 3.70. The van der Waals surface area contributed by atoms with Crippen molar-refractivity contribution in [3.05, 3.63) is 117 Å². The van der Waals surface area contributed by atoms with Gasteiger partial charge in [-0.2, -0.15) is 26.3 Å². The summed E-state index contributed by atoms with van der Waals surface area (Å²) in [5.41, 5.74) is 0.388. The van der Waals surface area contributed by atoms with Crippen molar-refractivity contribution in [1.82, 2.24) is 24.6 Å². The fourth-order valence-electron chi connectivity index (χ4n) is 5.18. The fraction of sp³-hybridized carbons (Fsp3) is 0.250. The first-order valence-electron chi connectivity index (χ1n) is 14.4. The molecule has 15 heteroatoms. The second kappa shape index (κ2) is 13.4. The maximum atomic E-state index is 13.6. The number of alkyl halides is 6. The fourth-order valence-corrected chi connectivity index (χ4v) is 6.93. The predicted octanol–water partition coefficient (Wildman–Crippen LogP) is 7.61. The highest BCUT2D eigenvalue weighted by Gasteiger charge is 2.32. The van der Waals surface area contributed by atoms with E-state index in [9.17, 15) is 31.1 Å². The lowest BCUT2D eigenvalue weighted by atomic mass is 10.1. The van der Waals surface area contributed by atoms with Gasteiger partial charge in [-0.05, 0) is 42.0 Å². The molecule has 244 valence electrons. The molecule has 47 heavy (non-hydrogen) atoms. The van der Waals surface area contributed by atoms with E-state index in [2.05, 4.69) is 15.2 Å². The van der Waals surface area contributed by atoms with E-state index >= 15 is 0 Å². The van der Waals surface area contributed by atoms with E-state index in [1.54, 1.807) is 27.0 Å². The normalized spacial score (nSPS) is 14.1. The maximum Gasteiger partial charge on any atom is 0.416 e. The van der Waals surface area contributed by atoms with Crippen LogP contribution in [0.3, 0.4) is 0 Å². The number of piperazine rings is 1. The molecule has 3 heterocycles. The highest BCUT2D eigenvalue weighted by atomic mass is 32.2. The van der Waals surface area contributed by atoms with Crippen LogP contribution >= 0.6 is 23.1 Å². The van der Waals surface area contributed by atoms with Gasteiger partial charge in [-0.3, -0.25) is 9.36 Å². The Morgan fingerprint density at radius 1 is 0.787 bits per heavy atom. The van der Waals surface area contributed by atoms with Crippen LogP contribution in [0.4, 0.5) is 32.0 Å². The molecule has 0 saturated carbocycles. The van der Waals surface area contributed by atoms with E-state index in [1.807, 2.05) is 35.2 Å². The number of carbonyl (C=O) groups is 1. The van der Waals surface area contributed by atoms with Gasteiger partial charge < -0.3 is 9.80 Å². The van der Waals surface area contributed by atoms with Crippen molar-refractivity contribution in [2.24, 2.45) is 0 Å². The molecule has 1 amide bonds. The summed E-state index contributed by atoms with van der Waals surface area (Å²) in [7, 11) is 0. The lowest BCUT2D eigenvalue weighted by molar-refractivity contribution is -0.138. The average molecular weight is 689 g/mol. The van der Waals surface area contributed by atoms with Gasteiger partial charge in [0.25, 0.3) is 5.91 Å². The predicted molar refractivity (Wildman–Crippen MR) is 167 cm³/mol. The lowest BCUT2D eigenvalue weighted by Gasteiger charge is -2.36. The number of rotatable bonds is 8. The van der Waals surface area contributed by atoms with Crippen molar-refractivity contribution in [3.63, 3.8) is 0 Å². The molecule has 1 fully saturated rings. The van der Waals surface area contributed by atoms with Crippen LogP contribution in [0.15, 0.2) is 89.4 Å². The van der Waals surface area contributed by atoms with Crippen LogP contribution < -0.4 is 4.90 Å². The third-order valence-electron chi connectivity index (χ3n) is 7.54. The Kier molecular flexibility index (Phi) is 9.28. The SMILES string of the molecule is O=C(c1csc(CSc2nnc(Cc3ccccc3)n2-c2cccc(C(F)(F)F)c2)n1)N1CCN(c2cccc(C(F)(F)F)c2)CC1. The monoisotopic (exact) mass is 688 g/mol. The van der Waals surface area contributed by atoms with E-state index < -0.39 is 23.5 Å². The molecule has 1 aliphatic heterocycles. The second-order valence-electron chi connectivity index (χ2n) is 10.7. The van der Waals surface area contributed by atoms with Gasteiger partial charge in [-0.15, -0.1) is 21.5 Å². The number of hydrogen-bond donors (Lipinski definition) is 0. The quantitative estimate of drug-likeness (QED) is 0.124.